The summed E-state index contributed by atoms with van der Waals surface area (Å²) in [7, 11) is -3.66. The molecule has 0 aliphatic rings. The van der Waals surface area contributed by atoms with Gasteiger partial charge < -0.3 is 4.52 Å². The first-order valence-electron chi connectivity index (χ1n) is 5.12. The Morgan fingerprint density at radius 2 is 2.11 bits per heavy atom. The van der Waals surface area contributed by atoms with Gasteiger partial charge in [0.1, 0.15) is 0 Å². The van der Waals surface area contributed by atoms with E-state index in [1.165, 1.54) is 6.07 Å². The van der Waals surface area contributed by atoms with Crippen LogP contribution in [0.25, 0.3) is 0 Å². The first kappa shape index (κ1) is 14.6. The lowest BCUT2D eigenvalue weighted by atomic mass is 10.4. The van der Waals surface area contributed by atoms with Gasteiger partial charge in [-0.25, -0.2) is 13.1 Å². The number of nitrogens with one attached hydrogen (secondary N) is 1. The summed E-state index contributed by atoms with van der Waals surface area (Å²) in [6.07, 6.45) is 0. The fraction of sp³-hybridized carbons (Fsp3) is 0.200. The fourth-order valence-corrected chi connectivity index (χ4v) is 3.80. The lowest BCUT2D eigenvalue weighted by molar-refractivity contribution is 0.372. The highest BCUT2D eigenvalue weighted by Crippen LogP contribution is 2.25. The lowest BCUT2D eigenvalue weighted by Gasteiger charge is -2.07. The normalized spacial score (nSPS) is 11.7. The number of hydrogen-bond donors (Lipinski definition) is 1. The molecule has 0 unspecified atom stereocenters. The van der Waals surface area contributed by atoms with Crippen molar-refractivity contribution in [3.8, 4) is 0 Å². The van der Waals surface area contributed by atoms with Crippen LogP contribution >= 0.6 is 31.9 Å². The van der Waals surface area contributed by atoms with E-state index in [1.54, 1.807) is 19.1 Å². The summed E-state index contributed by atoms with van der Waals surface area (Å²) in [5.41, 5.74) is 0. The molecule has 0 fully saturated rings. The van der Waals surface area contributed by atoms with Gasteiger partial charge in [-0.3, -0.25) is 0 Å². The van der Waals surface area contributed by atoms with Gasteiger partial charge in [-0.2, -0.15) is 4.98 Å². The molecule has 2 rings (SSSR count). The molecule has 9 heteroatoms. The number of aromatic nitrogens is 2. The summed E-state index contributed by atoms with van der Waals surface area (Å²) in [5.74, 6) is 0.671. The zero-order valence-electron chi connectivity index (χ0n) is 9.72. The second-order valence-electron chi connectivity index (χ2n) is 3.63. The van der Waals surface area contributed by atoms with Gasteiger partial charge in [0, 0.05) is 8.95 Å². The van der Waals surface area contributed by atoms with Crippen molar-refractivity contribution in [2.45, 2.75) is 18.4 Å². The van der Waals surface area contributed by atoms with Gasteiger partial charge in [-0.1, -0.05) is 21.1 Å². The Morgan fingerprint density at radius 1 is 1.37 bits per heavy atom. The van der Waals surface area contributed by atoms with Gasteiger partial charge >= 0.3 is 0 Å². The minimum atomic E-state index is -3.66. The van der Waals surface area contributed by atoms with Gasteiger partial charge in [0.05, 0.1) is 11.4 Å². The Morgan fingerprint density at radius 3 is 2.74 bits per heavy atom. The third-order valence-electron chi connectivity index (χ3n) is 2.17. The maximum Gasteiger partial charge on any atom is 0.242 e. The number of aryl methyl sites for hydroxylation is 1. The minimum absolute atomic E-state index is 0.0534. The number of rotatable bonds is 4. The van der Waals surface area contributed by atoms with Crippen LogP contribution in [-0.4, -0.2) is 18.6 Å². The summed E-state index contributed by atoms with van der Waals surface area (Å²) < 4.78 is 32.7. The van der Waals surface area contributed by atoms with Gasteiger partial charge in [-0.15, -0.1) is 0 Å². The monoisotopic (exact) mass is 409 g/mol. The Hall–Kier alpha value is -0.770. The van der Waals surface area contributed by atoms with Crippen LogP contribution in [0.2, 0.25) is 0 Å². The molecule has 0 amide bonds. The average Bonchev–Trinajstić information content (AvgIpc) is 2.76. The molecule has 1 N–H and O–H groups in total. The molecule has 1 heterocycles. The molecule has 0 saturated heterocycles. The molecular formula is C10H9Br2N3O3S. The van der Waals surface area contributed by atoms with Gasteiger partial charge in [0.25, 0.3) is 0 Å². The van der Waals surface area contributed by atoms with Gasteiger partial charge in [-0.05, 0) is 41.1 Å². The third-order valence-corrected chi connectivity index (χ3v) is 5.05. The Kier molecular flexibility index (Phi) is 4.39. The van der Waals surface area contributed by atoms with Crippen LogP contribution in [0.3, 0.4) is 0 Å². The van der Waals surface area contributed by atoms with Crippen molar-refractivity contribution in [1.29, 1.82) is 0 Å². The number of hydrogen-bond acceptors (Lipinski definition) is 5. The molecule has 0 bridgehead atoms. The molecule has 0 aliphatic carbocycles. The Bertz CT molecular complexity index is 700. The molecule has 0 aliphatic heterocycles. The maximum absolute atomic E-state index is 12.1. The van der Waals surface area contributed by atoms with Crippen LogP contribution in [0, 0.1) is 6.92 Å². The summed E-state index contributed by atoms with van der Waals surface area (Å²) in [5, 5.41) is 3.58. The molecule has 0 radical (unpaired) electrons. The number of benzene rings is 1. The molecule has 19 heavy (non-hydrogen) atoms. The summed E-state index contributed by atoms with van der Waals surface area (Å²) in [6, 6.07) is 4.89. The third kappa shape index (κ3) is 3.62. The molecule has 0 atom stereocenters. The van der Waals surface area contributed by atoms with E-state index in [4.69, 9.17) is 4.52 Å². The quantitative estimate of drug-likeness (QED) is 0.836. The lowest BCUT2D eigenvalue weighted by Crippen LogP contribution is -2.23. The summed E-state index contributed by atoms with van der Waals surface area (Å²) in [6.45, 7) is 1.61. The summed E-state index contributed by atoms with van der Waals surface area (Å²) >= 11 is 6.44. The van der Waals surface area contributed by atoms with E-state index in [2.05, 4.69) is 46.7 Å². The molecule has 6 nitrogen and oxygen atoms in total. The Labute approximate surface area is 126 Å². The highest BCUT2D eigenvalue weighted by Gasteiger charge is 2.19. The highest BCUT2D eigenvalue weighted by molar-refractivity contribution is 9.11. The zero-order valence-corrected chi connectivity index (χ0v) is 13.7. The fourth-order valence-electron chi connectivity index (χ4n) is 1.33. The molecule has 2 aromatic rings. The van der Waals surface area contributed by atoms with Crippen LogP contribution in [0.5, 0.6) is 0 Å². The number of nitrogens with zero attached hydrogens (tertiary/aromatic N) is 2. The SMILES string of the molecule is Cc1noc(CNS(=O)(=O)c2cc(Br)ccc2Br)n1. The van der Waals surface area contributed by atoms with Crippen molar-refractivity contribution in [3.05, 3.63) is 38.9 Å². The molecule has 0 saturated carbocycles. The second-order valence-corrected chi connectivity index (χ2v) is 7.14. The number of halogens is 2. The molecule has 1 aromatic carbocycles. The predicted molar refractivity (Wildman–Crippen MR) is 74.9 cm³/mol. The van der Waals surface area contributed by atoms with E-state index in [-0.39, 0.29) is 17.3 Å². The summed E-state index contributed by atoms with van der Waals surface area (Å²) in [4.78, 5) is 4.06. The first-order chi connectivity index (χ1) is 8.88. The van der Waals surface area contributed by atoms with Crippen molar-refractivity contribution in [2.24, 2.45) is 0 Å². The van der Waals surface area contributed by atoms with Crippen molar-refractivity contribution in [2.75, 3.05) is 0 Å². The number of sulfonamides is 1. The van der Waals surface area contributed by atoms with E-state index in [0.29, 0.717) is 14.8 Å². The highest BCUT2D eigenvalue weighted by atomic mass is 79.9. The topological polar surface area (TPSA) is 85.1 Å². The maximum atomic E-state index is 12.1. The van der Waals surface area contributed by atoms with Gasteiger partial charge in [0.15, 0.2) is 5.82 Å². The van der Waals surface area contributed by atoms with E-state index in [0.717, 1.165) is 0 Å². The first-order valence-corrected chi connectivity index (χ1v) is 8.19. The van der Waals surface area contributed by atoms with Crippen LogP contribution in [-0.2, 0) is 16.6 Å². The van der Waals surface area contributed by atoms with E-state index < -0.39 is 10.0 Å². The molecule has 102 valence electrons. The van der Waals surface area contributed by atoms with Crippen LogP contribution in [0.4, 0.5) is 0 Å². The minimum Gasteiger partial charge on any atom is -0.338 e. The molecule has 1 aromatic heterocycles. The van der Waals surface area contributed by atoms with E-state index >= 15 is 0 Å². The van der Waals surface area contributed by atoms with Crippen molar-refractivity contribution >= 4 is 41.9 Å². The molecular weight excluding hydrogens is 402 g/mol. The molecule has 0 spiro atoms. The second kappa shape index (κ2) is 5.70. The van der Waals surface area contributed by atoms with Crippen LogP contribution in [0.15, 0.2) is 36.6 Å². The Balaban J connectivity index is 2.20. The van der Waals surface area contributed by atoms with Crippen molar-refractivity contribution < 1.29 is 12.9 Å². The van der Waals surface area contributed by atoms with Gasteiger partial charge in [0.2, 0.25) is 15.9 Å². The van der Waals surface area contributed by atoms with Crippen LogP contribution < -0.4 is 4.72 Å². The van der Waals surface area contributed by atoms with Crippen molar-refractivity contribution in [3.63, 3.8) is 0 Å². The van der Waals surface area contributed by atoms with Crippen molar-refractivity contribution in [1.82, 2.24) is 14.9 Å². The predicted octanol–water partition coefficient (Wildman–Crippen LogP) is 2.38. The largest absolute Gasteiger partial charge is 0.338 e. The van der Waals surface area contributed by atoms with E-state index in [1.807, 2.05) is 0 Å². The van der Waals surface area contributed by atoms with Crippen LogP contribution in [0.1, 0.15) is 11.7 Å². The standard InChI is InChI=1S/C10H9Br2N3O3S/c1-6-14-10(18-15-6)5-13-19(16,17)9-4-7(11)2-3-8(9)12/h2-4,13H,5H2,1H3. The smallest absolute Gasteiger partial charge is 0.242 e. The average molecular weight is 411 g/mol. The zero-order chi connectivity index (χ0) is 14.0. The van der Waals surface area contributed by atoms with E-state index in [9.17, 15) is 8.42 Å².